The second-order valence-corrected chi connectivity index (χ2v) is 4.80. The number of hydrogen-bond donors (Lipinski definition) is 2. The second-order valence-electron chi connectivity index (χ2n) is 4.37. The quantitative estimate of drug-likeness (QED) is 0.755. The molecule has 0 fully saturated rings. The van der Waals surface area contributed by atoms with Crippen molar-refractivity contribution in [3.8, 4) is 0 Å². The van der Waals surface area contributed by atoms with E-state index in [1.54, 1.807) is 18.2 Å². The fourth-order valence-electron chi connectivity index (χ4n) is 1.89. The first kappa shape index (κ1) is 15.7. The standard InChI is InChI=1S/C14H18ClNO3/c1-3-16-12(6-7-13(17)18)14(19)11-8-10(15)5-4-9(11)2/h4-5,8,12,16H,3,6-7H2,1-2H3,(H,17,18). The lowest BCUT2D eigenvalue weighted by Gasteiger charge is -2.17. The molecule has 1 aromatic rings. The van der Waals surface area contributed by atoms with Gasteiger partial charge in [0.25, 0.3) is 0 Å². The highest BCUT2D eigenvalue weighted by atomic mass is 35.5. The van der Waals surface area contributed by atoms with Crippen molar-refractivity contribution in [2.24, 2.45) is 0 Å². The molecule has 0 spiro atoms. The predicted molar refractivity (Wildman–Crippen MR) is 74.9 cm³/mol. The number of carbonyl (C=O) groups excluding carboxylic acids is 1. The van der Waals surface area contributed by atoms with E-state index in [1.165, 1.54) is 0 Å². The van der Waals surface area contributed by atoms with Gasteiger partial charge in [-0.2, -0.15) is 0 Å². The fourth-order valence-corrected chi connectivity index (χ4v) is 2.06. The minimum absolute atomic E-state index is 0.0387. The predicted octanol–water partition coefficient (Wildman–Crippen LogP) is 2.67. The van der Waals surface area contributed by atoms with E-state index in [-0.39, 0.29) is 18.6 Å². The van der Waals surface area contributed by atoms with Crippen molar-refractivity contribution in [2.45, 2.75) is 32.7 Å². The van der Waals surface area contributed by atoms with Gasteiger partial charge in [-0.25, -0.2) is 0 Å². The number of aliphatic carboxylic acids is 1. The Kier molecular flexibility index (Phi) is 5.99. The highest BCUT2D eigenvalue weighted by molar-refractivity contribution is 6.31. The van der Waals surface area contributed by atoms with Gasteiger partial charge in [-0.3, -0.25) is 9.59 Å². The number of nitrogens with one attached hydrogen (secondary N) is 1. The van der Waals surface area contributed by atoms with Crippen LogP contribution >= 0.6 is 11.6 Å². The van der Waals surface area contributed by atoms with Crippen LogP contribution in [0.5, 0.6) is 0 Å². The number of carboxylic acid groups (broad SMARTS) is 1. The molecule has 1 aromatic carbocycles. The summed E-state index contributed by atoms with van der Waals surface area (Å²) in [6, 6.07) is 4.66. The maximum Gasteiger partial charge on any atom is 0.303 e. The molecular formula is C14H18ClNO3. The summed E-state index contributed by atoms with van der Waals surface area (Å²) in [5.74, 6) is -1.01. The van der Waals surface area contributed by atoms with Crippen LogP contribution in [-0.2, 0) is 4.79 Å². The van der Waals surface area contributed by atoms with E-state index in [0.29, 0.717) is 17.1 Å². The van der Waals surface area contributed by atoms with Gasteiger partial charge in [0.1, 0.15) is 0 Å². The molecule has 1 unspecified atom stereocenters. The molecule has 4 nitrogen and oxygen atoms in total. The summed E-state index contributed by atoms with van der Waals surface area (Å²) < 4.78 is 0. The highest BCUT2D eigenvalue weighted by Crippen LogP contribution is 2.18. The number of benzene rings is 1. The van der Waals surface area contributed by atoms with Crippen LogP contribution in [0, 0.1) is 6.92 Å². The van der Waals surface area contributed by atoms with E-state index in [9.17, 15) is 9.59 Å². The fraction of sp³-hybridized carbons (Fsp3) is 0.429. The zero-order valence-corrected chi connectivity index (χ0v) is 11.8. The molecule has 1 rings (SSSR count). The van der Waals surface area contributed by atoms with Crippen LogP contribution in [0.15, 0.2) is 18.2 Å². The number of aryl methyl sites for hydroxylation is 1. The van der Waals surface area contributed by atoms with Gasteiger partial charge in [-0.1, -0.05) is 24.6 Å². The first-order chi connectivity index (χ1) is 8.95. The summed E-state index contributed by atoms with van der Waals surface area (Å²) in [4.78, 5) is 23.0. The molecule has 0 bridgehead atoms. The Labute approximate surface area is 117 Å². The molecule has 5 heteroatoms. The van der Waals surface area contributed by atoms with Crippen molar-refractivity contribution in [1.82, 2.24) is 5.32 Å². The molecular weight excluding hydrogens is 266 g/mol. The van der Waals surface area contributed by atoms with Crippen molar-refractivity contribution < 1.29 is 14.7 Å². The maximum atomic E-state index is 12.4. The summed E-state index contributed by atoms with van der Waals surface area (Å²) in [6.07, 6.45) is 0.233. The SMILES string of the molecule is CCNC(CCC(=O)O)C(=O)c1cc(Cl)ccc1C. The molecule has 0 aliphatic carbocycles. The topological polar surface area (TPSA) is 66.4 Å². The van der Waals surface area contributed by atoms with Gasteiger partial charge in [0.15, 0.2) is 5.78 Å². The molecule has 1 atom stereocenters. The zero-order chi connectivity index (χ0) is 14.4. The lowest BCUT2D eigenvalue weighted by molar-refractivity contribution is -0.137. The van der Waals surface area contributed by atoms with Crippen LogP contribution in [0.4, 0.5) is 0 Å². The number of rotatable bonds is 7. The van der Waals surface area contributed by atoms with E-state index in [1.807, 2.05) is 13.8 Å². The van der Waals surface area contributed by atoms with Crippen molar-refractivity contribution in [3.63, 3.8) is 0 Å². The molecule has 2 N–H and O–H groups in total. The minimum atomic E-state index is -0.904. The molecule has 104 valence electrons. The second kappa shape index (κ2) is 7.26. The molecule has 0 amide bonds. The number of likely N-dealkylation sites (N-methyl/N-ethyl adjacent to an activating group) is 1. The zero-order valence-electron chi connectivity index (χ0n) is 11.1. The van der Waals surface area contributed by atoms with E-state index >= 15 is 0 Å². The van der Waals surface area contributed by atoms with Crippen LogP contribution in [0.25, 0.3) is 0 Å². The van der Waals surface area contributed by atoms with E-state index in [4.69, 9.17) is 16.7 Å². The Morgan fingerprint density at radius 1 is 1.42 bits per heavy atom. The van der Waals surface area contributed by atoms with Crippen LogP contribution in [-0.4, -0.2) is 29.4 Å². The monoisotopic (exact) mass is 283 g/mol. The molecule has 0 radical (unpaired) electrons. The smallest absolute Gasteiger partial charge is 0.303 e. The average molecular weight is 284 g/mol. The molecule has 0 aliphatic rings. The molecule has 0 saturated carbocycles. The third-order valence-electron chi connectivity index (χ3n) is 2.88. The summed E-state index contributed by atoms with van der Waals surface area (Å²) in [5, 5.41) is 12.3. The van der Waals surface area contributed by atoms with Gasteiger partial charge in [-0.05, 0) is 37.6 Å². The van der Waals surface area contributed by atoms with Gasteiger partial charge >= 0.3 is 5.97 Å². The number of hydrogen-bond acceptors (Lipinski definition) is 3. The first-order valence-corrected chi connectivity index (χ1v) is 6.59. The number of carbonyl (C=O) groups is 2. The van der Waals surface area contributed by atoms with Crippen molar-refractivity contribution in [3.05, 3.63) is 34.3 Å². The lowest BCUT2D eigenvalue weighted by atomic mass is 9.96. The number of ketones is 1. The maximum absolute atomic E-state index is 12.4. The van der Waals surface area contributed by atoms with Crippen molar-refractivity contribution >= 4 is 23.4 Å². The van der Waals surface area contributed by atoms with E-state index < -0.39 is 12.0 Å². The van der Waals surface area contributed by atoms with Gasteiger partial charge in [0.2, 0.25) is 0 Å². The Bertz CT molecular complexity index is 474. The van der Waals surface area contributed by atoms with Crippen LogP contribution in [0.3, 0.4) is 0 Å². The van der Waals surface area contributed by atoms with Gasteiger partial charge in [0.05, 0.1) is 6.04 Å². The minimum Gasteiger partial charge on any atom is -0.481 e. The van der Waals surface area contributed by atoms with Gasteiger partial charge in [0, 0.05) is 17.0 Å². The molecule has 0 aliphatic heterocycles. The summed E-state index contributed by atoms with van der Waals surface area (Å²) >= 11 is 5.90. The summed E-state index contributed by atoms with van der Waals surface area (Å²) in [5.41, 5.74) is 1.39. The van der Waals surface area contributed by atoms with Crippen LogP contribution in [0.2, 0.25) is 5.02 Å². The molecule has 0 heterocycles. The lowest BCUT2D eigenvalue weighted by Crippen LogP contribution is -2.37. The third-order valence-corrected chi connectivity index (χ3v) is 3.11. The van der Waals surface area contributed by atoms with Gasteiger partial charge in [-0.15, -0.1) is 0 Å². The van der Waals surface area contributed by atoms with Crippen LogP contribution in [0.1, 0.15) is 35.7 Å². The number of carboxylic acids is 1. The summed E-state index contributed by atoms with van der Waals surface area (Å²) in [6.45, 7) is 4.32. The van der Waals surface area contributed by atoms with Crippen molar-refractivity contribution in [2.75, 3.05) is 6.54 Å². The van der Waals surface area contributed by atoms with Crippen molar-refractivity contribution in [1.29, 1.82) is 0 Å². The molecule has 0 aromatic heterocycles. The van der Waals surface area contributed by atoms with E-state index in [2.05, 4.69) is 5.32 Å². The number of Topliss-reactive ketones (excluding diaryl/α,β-unsaturated/α-hetero) is 1. The Morgan fingerprint density at radius 2 is 2.11 bits per heavy atom. The Morgan fingerprint density at radius 3 is 2.68 bits per heavy atom. The average Bonchev–Trinajstić information content (AvgIpc) is 2.36. The normalized spacial score (nSPS) is 12.2. The third kappa shape index (κ3) is 4.65. The summed E-state index contributed by atoms with van der Waals surface area (Å²) in [7, 11) is 0. The number of halogens is 1. The van der Waals surface area contributed by atoms with Gasteiger partial charge < -0.3 is 10.4 Å². The van der Waals surface area contributed by atoms with E-state index in [0.717, 1.165) is 5.56 Å². The highest BCUT2D eigenvalue weighted by Gasteiger charge is 2.21. The Hall–Kier alpha value is -1.39. The largest absolute Gasteiger partial charge is 0.481 e. The molecule has 0 saturated heterocycles. The Balaban J connectivity index is 2.91. The first-order valence-electron chi connectivity index (χ1n) is 6.21. The molecule has 19 heavy (non-hydrogen) atoms. The van der Waals surface area contributed by atoms with Crippen LogP contribution < -0.4 is 5.32 Å².